The van der Waals surface area contributed by atoms with E-state index in [4.69, 9.17) is 9.47 Å². The van der Waals surface area contributed by atoms with Gasteiger partial charge in [-0.25, -0.2) is 8.42 Å². The van der Waals surface area contributed by atoms with Crippen molar-refractivity contribution in [3.8, 4) is 11.5 Å². The number of amides is 1. The summed E-state index contributed by atoms with van der Waals surface area (Å²) >= 11 is 0. The number of sulfonamides is 1. The molecule has 1 aliphatic rings. The summed E-state index contributed by atoms with van der Waals surface area (Å²) in [6.45, 7) is 3.92. The molecule has 1 aliphatic heterocycles. The third-order valence-electron chi connectivity index (χ3n) is 6.70. The summed E-state index contributed by atoms with van der Waals surface area (Å²) in [5.41, 5.74) is 3.36. The lowest BCUT2D eigenvalue weighted by molar-refractivity contribution is -0.119. The van der Waals surface area contributed by atoms with Gasteiger partial charge in [0.2, 0.25) is 5.91 Å². The van der Waals surface area contributed by atoms with Crippen LogP contribution in [0.5, 0.6) is 11.5 Å². The van der Waals surface area contributed by atoms with Gasteiger partial charge in [0, 0.05) is 31.4 Å². The zero-order chi connectivity index (χ0) is 27.1. The first-order chi connectivity index (χ1) is 18.3. The molecule has 1 N–H and O–H groups in total. The van der Waals surface area contributed by atoms with Crippen molar-refractivity contribution in [1.29, 1.82) is 0 Å². The van der Waals surface area contributed by atoms with Crippen molar-refractivity contribution in [3.05, 3.63) is 77.9 Å². The molecule has 0 atom stereocenters. The molecule has 0 bridgehead atoms. The van der Waals surface area contributed by atoms with Crippen LogP contribution in [0.2, 0.25) is 0 Å². The van der Waals surface area contributed by atoms with Gasteiger partial charge in [-0.2, -0.15) is 0 Å². The van der Waals surface area contributed by atoms with E-state index in [1.54, 1.807) is 42.5 Å². The fourth-order valence-electron chi connectivity index (χ4n) is 4.50. The SMILES string of the molecule is COc1ccc(N(CC(=O)NCc2ccc(N3CCCCC3)cc2)S(=O)(=O)c2ccc(C)cc2)cc1OC. The predicted octanol–water partition coefficient (Wildman–Crippen LogP) is 4.51. The number of anilines is 2. The van der Waals surface area contributed by atoms with Crippen LogP contribution in [0.4, 0.5) is 11.4 Å². The van der Waals surface area contributed by atoms with Crippen LogP contribution in [-0.2, 0) is 21.4 Å². The van der Waals surface area contributed by atoms with Crippen LogP contribution in [0.15, 0.2) is 71.6 Å². The number of benzene rings is 3. The highest BCUT2D eigenvalue weighted by Gasteiger charge is 2.28. The Balaban J connectivity index is 1.52. The van der Waals surface area contributed by atoms with E-state index in [9.17, 15) is 13.2 Å². The molecule has 0 saturated carbocycles. The van der Waals surface area contributed by atoms with Crippen molar-refractivity contribution in [2.45, 2.75) is 37.6 Å². The van der Waals surface area contributed by atoms with Gasteiger partial charge in [-0.15, -0.1) is 0 Å². The van der Waals surface area contributed by atoms with Crippen molar-refractivity contribution >= 4 is 27.3 Å². The molecule has 1 heterocycles. The Kier molecular flexibility index (Phi) is 8.78. The van der Waals surface area contributed by atoms with Crippen LogP contribution >= 0.6 is 0 Å². The number of methoxy groups -OCH3 is 2. The first-order valence-corrected chi connectivity index (χ1v) is 14.2. The second-order valence-electron chi connectivity index (χ2n) is 9.35. The highest BCUT2D eigenvalue weighted by Crippen LogP contribution is 2.33. The molecule has 8 nitrogen and oxygen atoms in total. The number of ether oxygens (including phenoxy) is 2. The normalized spacial score (nSPS) is 13.6. The number of hydrogen-bond acceptors (Lipinski definition) is 6. The van der Waals surface area contributed by atoms with Crippen LogP contribution in [-0.4, -0.2) is 48.2 Å². The molecule has 0 spiro atoms. The second kappa shape index (κ2) is 12.2. The first-order valence-electron chi connectivity index (χ1n) is 12.7. The fraction of sp³-hybridized carbons (Fsp3) is 0.345. The van der Waals surface area contributed by atoms with Gasteiger partial charge in [-0.1, -0.05) is 29.8 Å². The van der Waals surface area contributed by atoms with Crippen LogP contribution in [0, 0.1) is 6.92 Å². The van der Waals surface area contributed by atoms with Crippen molar-refractivity contribution in [3.63, 3.8) is 0 Å². The van der Waals surface area contributed by atoms with Crippen molar-refractivity contribution < 1.29 is 22.7 Å². The van der Waals surface area contributed by atoms with E-state index >= 15 is 0 Å². The average Bonchev–Trinajstić information content (AvgIpc) is 2.95. The summed E-state index contributed by atoms with van der Waals surface area (Å²) in [6.07, 6.45) is 3.69. The molecule has 3 aromatic carbocycles. The summed E-state index contributed by atoms with van der Waals surface area (Å²) in [5, 5.41) is 2.87. The molecule has 9 heteroatoms. The smallest absolute Gasteiger partial charge is 0.264 e. The number of piperidine rings is 1. The molecule has 0 aliphatic carbocycles. The van der Waals surface area contributed by atoms with Crippen LogP contribution in [0.3, 0.4) is 0 Å². The van der Waals surface area contributed by atoms with Gasteiger partial charge < -0.3 is 19.7 Å². The molecule has 0 radical (unpaired) electrons. The monoisotopic (exact) mass is 537 g/mol. The number of nitrogens with one attached hydrogen (secondary N) is 1. The van der Waals surface area contributed by atoms with Crippen LogP contribution in [0.25, 0.3) is 0 Å². The summed E-state index contributed by atoms with van der Waals surface area (Å²) in [7, 11) is -1.06. The number of carbonyl (C=O) groups is 1. The summed E-state index contributed by atoms with van der Waals surface area (Å²) in [6, 6.07) is 19.5. The fourth-order valence-corrected chi connectivity index (χ4v) is 5.91. The summed E-state index contributed by atoms with van der Waals surface area (Å²) in [5.74, 6) is 0.403. The van der Waals surface area contributed by atoms with E-state index in [0.29, 0.717) is 23.7 Å². The third kappa shape index (κ3) is 6.39. The van der Waals surface area contributed by atoms with Crippen LogP contribution in [0.1, 0.15) is 30.4 Å². The molecule has 202 valence electrons. The Bertz CT molecular complexity index is 1340. The molecule has 1 saturated heterocycles. The zero-order valence-corrected chi connectivity index (χ0v) is 23.0. The molecular formula is C29H35N3O5S. The molecule has 0 unspecified atom stereocenters. The van der Waals surface area contributed by atoms with E-state index in [0.717, 1.165) is 28.5 Å². The number of rotatable bonds is 10. The molecule has 4 rings (SSSR count). The van der Waals surface area contributed by atoms with Gasteiger partial charge in [-0.05, 0) is 68.1 Å². The van der Waals surface area contributed by atoms with Gasteiger partial charge in [0.25, 0.3) is 10.0 Å². The lowest BCUT2D eigenvalue weighted by atomic mass is 10.1. The van der Waals surface area contributed by atoms with E-state index in [2.05, 4.69) is 22.3 Å². The third-order valence-corrected chi connectivity index (χ3v) is 8.49. The first kappa shape index (κ1) is 27.3. The lowest BCUT2D eigenvalue weighted by Gasteiger charge is -2.28. The average molecular weight is 538 g/mol. The Morgan fingerprint density at radius 1 is 0.895 bits per heavy atom. The van der Waals surface area contributed by atoms with Crippen LogP contribution < -0.4 is 24.0 Å². The van der Waals surface area contributed by atoms with E-state index in [1.165, 1.54) is 39.2 Å². The number of hydrogen-bond donors (Lipinski definition) is 1. The molecule has 1 fully saturated rings. The number of carbonyl (C=O) groups excluding carboxylic acids is 1. The number of nitrogens with zero attached hydrogens (tertiary/aromatic N) is 2. The minimum atomic E-state index is -4.04. The molecule has 3 aromatic rings. The topological polar surface area (TPSA) is 88.2 Å². The predicted molar refractivity (Wildman–Crippen MR) is 150 cm³/mol. The Morgan fingerprint density at radius 3 is 2.18 bits per heavy atom. The summed E-state index contributed by atoms with van der Waals surface area (Å²) < 4.78 is 39.1. The minimum absolute atomic E-state index is 0.0963. The lowest BCUT2D eigenvalue weighted by Crippen LogP contribution is -2.40. The largest absolute Gasteiger partial charge is 0.493 e. The highest BCUT2D eigenvalue weighted by molar-refractivity contribution is 7.92. The Labute approximate surface area is 225 Å². The quantitative estimate of drug-likeness (QED) is 0.409. The van der Waals surface area contributed by atoms with Gasteiger partial charge in [-0.3, -0.25) is 9.10 Å². The molecular weight excluding hydrogens is 502 g/mol. The second-order valence-corrected chi connectivity index (χ2v) is 11.2. The van der Waals surface area contributed by atoms with E-state index in [1.807, 2.05) is 19.1 Å². The van der Waals surface area contributed by atoms with Gasteiger partial charge in [0.05, 0.1) is 24.8 Å². The molecule has 38 heavy (non-hydrogen) atoms. The highest BCUT2D eigenvalue weighted by atomic mass is 32.2. The minimum Gasteiger partial charge on any atom is -0.493 e. The standard InChI is InChI=1S/C29H35N3O5S/c1-22-7-14-26(15-8-22)38(34,35)32(25-13-16-27(36-2)28(19-25)37-3)21-29(33)30-20-23-9-11-24(12-10-23)31-17-5-4-6-18-31/h7-16,19H,4-6,17-18,20-21H2,1-3H3,(H,30,33). The van der Waals surface area contributed by atoms with Crippen molar-refractivity contribution in [1.82, 2.24) is 5.32 Å². The van der Waals surface area contributed by atoms with E-state index < -0.39 is 22.5 Å². The molecule has 0 aromatic heterocycles. The Hall–Kier alpha value is -3.72. The van der Waals surface area contributed by atoms with Gasteiger partial charge in [0.15, 0.2) is 11.5 Å². The van der Waals surface area contributed by atoms with Gasteiger partial charge in [0.1, 0.15) is 6.54 Å². The van der Waals surface area contributed by atoms with Crippen molar-refractivity contribution in [2.24, 2.45) is 0 Å². The summed E-state index contributed by atoms with van der Waals surface area (Å²) in [4.78, 5) is 15.5. The van der Waals surface area contributed by atoms with Crippen molar-refractivity contribution in [2.75, 3.05) is 43.1 Å². The van der Waals surface area contributed by atoms with Gasteiger partial charge >= 0.3 is 0 Å². The maximum Gasteiger partial charge on any atom is 0.264 e. The zero-order valence-electron chi connectivity index (χ0n) is 22.1. The van der Waals surface area contributed by atoms with E-state index in [-0.39, 0.29) is 4.90 Å². The Morgan fingerprint density at radius 2 is 1.55 bits per heavy atom. The maximum absolute atomic E-state index is 13.7. The molecule has 1 amide bonds. The maximum atomic E-state index is 13.7. The number of aryl methyl sites for hydroxylation is 1.